The number of ether oxygens (including phenoxy) is 1. The molecule has 0 saturated carbocycles. The molecular weight excluding hydrogens is 228 g/mol. The molecule has 1 aromatic carbocycles. The zero-order chi connectivity index (χ0) is 13.6. The molecule has 0 spiro atoms. The highest BCUT2D eigenvalue weighted by Crippen LogP contribution is 2.12. The fourth-order valence-corrected chi connectivity index (χ4v) is 1.38. The largest absolute Gasteiger partial charge is 0.443 e. The van der Waals surface area contributed by atoms with Crippen molar-refractivity contribution in [3.63, 3.8) is 0 Å². The third-order valence-electron chi connectivity index (χ3n) is 2.12. The fraction of sp³-hybridized carbons (Fsp3) is 0.357. The highest BCUT2D eigenvalue weighted by atomic mass is 16.6. The number of hydrogen-bond acceptors (Lipinski definition) is 3. The maximum atomic E-state index is 11.5. The summed E-state index contributed by atoms with van der Waals surface area (Å²) in [6.45, 7) is 9.18. The van der Waals surface area contributed by atoms with E-state index >= 15 is 0 Å². The minimum absolute atomic E-state index is 0.154. The smallest absolute Gasteiger partial charge is 0.422 e. The zero-order valence-electron chi connectivity index (χ0n) is 11.1. The molecule has 1 rings (SSSR count). The molecule has 1 atom stereocenters. The van der Waals surface area contributed by atoms with Gasteiger partial charge in [0.1, 0.15) is 5.60 Å². The minimum atomic E-state index is -0.512. The lowest BCUT2D eigenvalue weighted by Crippen LogP contribution is -2.42. The van der Waals surface area contributed by atoms with Gasteiger partial charge in [-0.1, -0.05) is 36.4 Å². The molecular formula is C14H20N2O2. The summed E-state index contributed by atoms with van der Waals surface area (Å²) in [5, 5.41) is 0. The molecule has 1 unspecified atom stereocenters. The van der Waals surface area contributed by atoms with E-state index in [0.717, 1.165) is 5.56 Å². The van der Waals surface area contributed by atoms with E-state index in [9.17, 15) is 4.79 Å². The molecule has 0 bridgehead atoms. The van der Waals surface area contributed by atoms with Crippen LogP contribution in [-0.2, 0) is 4.74 Å². The predicted octanol–water partition coefficient (Wildman–Crippen LogP) is 2.94. The highest BCUT2D eigenvalue weighted by molar-refractivity contribution is 5.67. The first-order valence-electron chi connectivity index (χ1n) is 5.84. The summed E-state index contributed by atoms with van der Waals surface area (Å²) >= 11 is 0. The number of benzene rings is 1. The minimum Gasteiger partial charge on any atom is -0.443 e. The number of nitrogens with one attached hydrogen (secondary N) is 2. The van der Waals surface area contributed by atoms with Crippen LogP contribution in [0.2, 0.25) is 0 Å². The van der Waals surface area contributed by atoms with Crippen molar-refractivity contribution < 1.29 is 9.53 Å². The Morgan fingerprint density at radius 1 is 1.33 bits per heavy atom. The average Bonchev–Trinajstić information content (AvgIpc) is 2.29. The van der Waals surface area contributed by atoms with Crippen molar-refractivity contribution in [1.29, 1.82) is 0 Å². The molecule has 0 aromatic heterocycles. The van der Waals surface area contributed by atoms with Gasteiger partial charge in [0.05, 0.1) is 6.04 Å². The molecule has 98 valence electrons. The van der Waals surface area contributed by atoms with E-state index in [1.807, 2.05) is 51.1 Å². The molecule has 0 saturated heterocycles. The highest BCUT2D eigenvalue weighted by Gasteiger charge is 2.16. The maximum Gasteiger partial charge on any atom is 0.422 e. The van der Waals surface area contributed by atoms with Crippen LogP contribution in [-0.4, -0.2) is 11.7 Å². The molecule has 4 nitrogen and oxygen atoms in total. The van der Waals surface area contributed by atoms with Gasteiger partial charge in [-0.25, -0.2) is 10.2 Å². The van der Waals surface area contributed by atoms with Gasteiger partial charge in [-0.05, 0) is 26.3 Å². The van der Waals surface area contributed by atoms with Gasteiger partial charge in [-0.15, -0.1) is 6.58 Å². The first-order chi connectivity index (χ1) is 8.42. The molecule has 0 fully saturated rings. The lowest BCUT2D eigenvalue weighted by Gasteiger charge is -2.21. The second-order valence-corrected chi connectivity index (χ2v) is 4.90. The number of hydrazine groups is 1. The van der Waals surface area contributed by atoms with Gasteiger partial charge in [-0.2, -0.15) is 0 Å². The number of amides is 1. The van der Waals surface area contributed by atoms with E-state index in [-0.39, 0.29) is 6.04 Å². The third kappa shape index (κ3) is 5.01. The molecule has 1 aromatic rings. The number of carbonyl (C=O) groups is 1. The summed E-state index contributed by atoms with van der Waals surface area (Å²) in [6, 6.07) is 9.55. The van der Waals surface area contributed by atoms with Gasteiger partial charge in [0.25, 0.3) is 0 Å². The Kier molecular flexibility index (Phi) is 4.92. The second-order valence-electron chi connectivity index (χ2n) is 4.90. The zero-order valence-corrected chi connectivity index (χ0v) is 11.1. The summed E-state index contributed by atoms with van der Waals surface area (Å²) in [5.74, 6) is 0. The Bertz CT molecular complexity index is 396. The Balaban J connectivity index is 2.51. The van der Waals surface area contributed by atoms with Crippen molar-refractivity contribution in [3.05, 3.63) is 48.6 Å². The van der Waals surface area contributed by atoms with Crippen molar-refractivity contribution in [1.82, 2.24) is 10.9 Å². The Hall–Kier alpha value is -1.81. The van der Waals surface area contributed by atoms with Crippen molar-refractivity contribution in [3.8, 4) is 0 Å². The summed E-state index contributed by atoms with van der Waals surface area (Å²) in [6.07, 6.45) is 1.21. The summed E-state index contributed by atoms with van der Waals surface area (Å²) < 4.78 is 5.12. The van der Waals surface area contributed by atoms with E-state index in [1.165, 1.54) is 0 Å². The van der Waals surface area contributed by atoms with Crippen LogP contribution < -0.4 is 10.9 Å². The number of hydrogen-bond donors (Lipinski definition) is 2. The molecule has 4 heteroatoms. The normalized spacial score (nSPS) is 12.6. The van der Waals surface area contributed by atoms with Crippen molar-refractivity contribution in [2.24, 2.45) is 0 Å². The van der Waals surface area contributed by atoms with Crippen molar-refractivity contribution >= 4 is 6.09 Å². The SMILES string of the molecule is C=CC(NNC(=O)OC(C)(C)C)c1ccccc1. The monoisotopic (exact) mass is 248 g/mol. The molecule has 0 aliphatic heterocycles. The molecule has 1 amide bonds. The van der Waals surface area contributed by atoms with Gasteiger partial charge < -0.3 is 4.74 Å². The number of carbonyl (C=O) groups excluding carboxylic acids is 1. The number of rotatable bonds is 4. The molecule has 0 radical (unpaired) electrons. The topological polar surface area (TPSA) is 50.4 Å². The lowest BCUT2D eigenvalue weighted by molar-refractivity contribution is 0.0492. The fourth-order valence-electron chi connectivity index (χ4n) is 1.38. The van der Waals surface area contributed by atoms with Crippen molar-refractivity contribution in [2.75, 3.05) is 0 Å². The second kappa shape index (κ2) is 6.21. The standard InChI is InChI=1S/C14H20N2O2/c1-5-12(11-9-7-6-8-10-11)15-16-13(17)18-14(2,3)4/h5-10,12,15H,1H2,2-4H3,(H,16,17). The maximum absolute atomic E-state index is 11.5. The van der Waals surface area contributed by atoms with E-state index < -0.39 is 11.7 Å². The van der Waals surface area contributed by atoms with Crippen LogP contribution in [0.4, 0.5) is 4.79 Å². The summed E-state index contributed by atoms with van der Waals surface area (Å²) in [4.78, 5) is 11.5. The van der Waals surface area contributed by atoms with Crippen LogP contribution in [0.25, 0.3) is 0 Å². The Morgan fingerprint density at radius 2 is 1.94 bits per heavy atom. The van der Waals surface area contributed by atoms with E-state index in [0.29, 0.717) is 0 Å². The van der Waals surface area contributed by atoms with Crippen LogP contribution in [0, 0.1) is 0 Å². The quantitative estimate of drug-likeness (QED) is 0.636. The molecule has 2 N–H and O–H groups in total. The summed E-state index contributed by atoms with van der Waals surface area (Å²) in [7, 11) is 0. The van der Waals surface area contributed by atoms with Crippen LogP contribution in [0.5, 0.6) is 0 Å². The van der Waals surface area contributed by atoms with E-state index in [1.54, 1.807) is 6.08 Å². The van der Waals surface area contributed by atoms with Gasteiger partial charge in [0.15, 0.2) is 0 Å². The van der Waals surface area contributed by atoms with Gasteiger partial charge in [0, 0.05) is 0 Å². The van der Waals surface area contributed by atoms with Crippen LogP contribution in [0.15, 0.2) is 43.0 Å². The van der Waals surface area contributed by atoms with Crippen LogP contribution >= 0.6 is 0 Å². The predicted molar refractivity (Wildman–Crippen MR) is 71.9 cm³/mol. The molecule has 0 aliphatic carbocycles. The first kappa shape index (κ1) is 14.3. The lowest BCUT2D eigenvalue weighted by atomic mass is 10.1. The van der Waals surface area contributed by atoms with Gasteiger partial charge in [0.2, 0.25) is 0 Å². The average molecular weight is 248 g/mol. The van der Waals surface area contributed by atoms with Gasteiger partial charge in [-0.3, -0.25) is 5.43 Å². The van der Waals surface area contributed by atoms with Gasteiger partial charge >= 0.3 is 6.09 Å². The first-order valence-corrected chi connectivity index (χ1v) is 5.84. The van der Waals surface area contributed by atoms with Crippen LogP contribution in [0.1, 0.15) is 32.4 Å². The summed E-state index contributed by atoms with van der Waals surface area (Å²) in [5.41, 5.74) is 5.88. The molecule has 18 heavy (non-hydrogen) atoms. The van der Waals surface area contributed by atoms with Crippen LogP contribution in [0.3, 0.4) is 0 Å². The van der Waals surface area contributed by atoms with E-state index in [4.69, 9.17) is 4.74 Å². The Labute approximate surface area is 108 Å². The Morgan fingerprint density at radius 3 is 2.44 bits per heavy atom. The molecule has 0 heterocycles. The third-order valence-corrected chi connectivity index (χ3v) is 2.12. The van der Waals surface area contributed by atoms with E-state index in [2.05, 4.69) is 17.4 Å². The van der Waals surface area contributed by atoms with Crippen molar-refractivity contribution in [2.45, 2.75) is 32.4 Å². The molecule has 0 aliphatic rings.